The maximum Gasteiger partial charge on any atom is 0.305 e. The molecule has 5 fully saturated rings. The van der Waals surface area contributed by atoms with Gasteiger partial charge in [-0.1, -0.05) is 33.6 Å². The molecule has 1 heterocycles. The summed E-state index contributed by atoms with van der Waals surface area (Å²) < 4.78 is 11.5. The molecule has 0 radical (unpaired) electrons. The molecule has 3 nitrogen and oxygen atoms in total. The Balaban J connectivity index is 1.38. The van der Waals surface area contributed by atoms with E-state index >= 15 is 0 Å². The zero-order valence-electron chi connectivity index (χ0n) is 18.4. The second-order valence-electron chi connectivity index (χ2n) is 11.5. The third-order valence-electron chi connectivity index (χ3n) is 10.6. The first kappa shape index (κ1) is 19.4. The molecule has 5 aliphatic rings. The van der Waals surface area contributed by atoms with Crippen molar-refractivity contribution in [2.75, 3.05) is 7.11 Å². The number of rotatable bonds is 4. The summed E-state index contributed by atoms with van der Waals surface area (Å²) in [6.07, 6.45) is 14.0. The van der Waals surface area contributed by atoms with Crippen LogP contribution in [-0.4, -0.2) is 25.3 Å². The maximum absolute atomic E-state index is 11.7. The van der Waals surface area contributed by atoms with Crippen molar-refractivity contribution in [1.82, 2.24) is 0 Å². The first-order chi connectivity index (χ1) is 13.4. The van der Waals surface area contributed by atoms with E-state index in [1.165, 1.54) is 58.5 Å². The van der Waals surface area contributed by atoms with Gasteiger partial charge in [0.05, 0.1) is 19.3 Å². The Bertz CT molecular complexity index is 631. The summed E-state index contributed by atoms with van der Waals surface area (Å²) in [5.74, 6) is 4.72. The Kier molecular flexibility index (Phi) is 4.66. The number of carbonyl (C=O) groups excluding carboxylic acids is 1. The molecule has 4 saturated carbocycles. The lowest BCUT2D eigenvalue weighted by atomic mass is 9.44. The van der Waals surface area contributed by atoms with E-state index in [2.05, 4.69) is 20.8 Å². The van der Waals surface area contributed by atoms with Gasteiger partial charge in [-0.15, -0.1) is 0 Å². The molecular weight excluding hydrogens is 348 g/mol. The van der Waals surface area contributed by atoms with Gasteiger partial charge in [0.15, 0.2) is 0 Å². The number of hydrogen-bond donors (Lipinski definition) is 0. The van der Waals surface area contributed by atoms with Gasteiger partial charge in [-0.05, 0) is 85.9 Å². The third kappa shape index (κ3) is 2.60. The lowest BCUT2D eigenvalue weighted by Crippen LogP contribution is -2.56. The lowest BCUT2D eigenvalue weighted by Gasteiger charge is -2.59. The molecular formula is C25H40O3. The van der Waals surface area contributed by atoms with E-state index in [0.717, 1.165) is 30.1 Å². The number of fused-ring (bicyclic) bond motifs is 8. The normalized spacial score (nSPS) is 52.6. The molecule has 0 aromatic heterocycles. The van der Waals surface area contributed by atoms with Gasteiger partial charge in [-0.25, -0.2) is 0 Å². The second kappa shape index (κ2) is 6.72. The van der Waals surface area contributed by atoms with Crippen LogP contribution < -0.4 is 0 Å². The molecule has 4 aliphatic carbocycles. The van der Waals surface area contributed by atoms with Crippen molar-refractivity contribution in [3.8, 4) is 0 Å². The first-order valence-corrected chi connectivity index (χ1v) is 12.1. The maximum atomic E-state index is 11.7. The Morgan fingerprint density at radius 3 is 2.75 bits per heavy atom. The Hall–Kier alpha value is -0.570. The van der Waals surface area contributed by atoms with E-state index in [0.29, 0.717) is 41.3 Å². The smallest absolute Gasteiger partial charge is 0.305 e. The molecule has 3 heteroatoms. The summed E-state index contributed by atoms with van der Waals surface area (Å²) in [5, 5.41) is 0. The van der Waals surface area contributed by atoms with Crippen LogP contribution in [0.2, 0.25) is 0 Å². The van der Waals surface area contributed by atoms with Crippen molar-refractivity contribution in [3.05, 3.63) is 0 Å². The third-order valence-corrected chi connectivity index (χ3v) is 10.6. The van der Waals surface area contributed by atoms with Gasteiger partial charge in [0.1, 0.15) is 0 Å². The van der Waals surface area contributed by atoms with Crippen LogP contribution in [0.1, 0.15) is 85.0 Å². The summed E-state index contributed by atoms with van der Waals surface area (Å²) in [6, 6.07) is 0. The van der Waals surface area contributed by atoms with E-state index in [9.17, 15) is 4.79 Å². The van der Waals surface area contributed by atoms with Crippen molar-refractivity contribution in [1.29, 1.82) is 0 Å². The Labute approximate surface area is 171 Å². The van der Waals surface area contributed by atoms with E-state index in [1.807, 2.05) is 0 Å². The molecule has 0 N–H and O–H groups in total. The predicted molar refractivity (Wildman–Crippen MR) is 110 cm³/mol. The first-order valence-electron chi connectivity index (χ1n) is 12.1. The minimum Gasteiger partial charge on any atom is -0.469 e. The van der Waals surface area contributed by atoms with E-state index in [4.69, 9.17) is 9.47 Å². The standard InChI is InChI=1S/C25H40O3/c1-15(8-13-20(26)27-4)18-11-12-19-17-10-9-16-7-5-6-14-24(16,2)21(17)22-23(28-22)25(18,19)3/h15-19,21-23H,5-14H2,1-4H3/t15-,16-,17+,18-,19+,21-,22+,23-,24+,25-/m1/s1. The van der Waals surface area contributed by atoms with Crippen molar-refractivity contribution in [2.45, 2.75) is 97.2 Å². The molecule has 158 valence electrons. The molecule has 0 amide bonds. The number of methoxy groups -OCH3 is 1. The van der Waals surface area contributed by atoms with Crippen LogP contribution >= 0.6 is 0 Å². The summed E-state index contributed by atoms with van der Waals surface area (Å²) >= 11 is 0. The number of ether oxygens (including phenoxy) is 2. The number of hydrogen-bond acceptors (Lipinski definition) is 3. The van der Waals surface area contributed by atoms with Gasteiger partial charge in [-0.3, -0.25) is 4.79 Å². The summed E-state index contributed by atoms with van der Waals surface area (Å²) in [4.78, 5) is 11.7. The Morgan fingerprint density at radius 1 is 1.14 bits per heavy atom. The molecule has 0 bridgehead atoms. The predicted octanol–water partition coefficient (Wildman–Crippen LogP) is 5.61. The zero-order valence-corrected chi connectivity index (χ0v) is 18.4. The highest BCUT2D eigenvalue weighted by atomic mass is 16.6. The van der Waals surface area contributed by atoms with Gasteiger partial charge in [0, 0.05) is 11.8 Å². The molecule has 1 aliphatic heterocycles. The molecule has 5 rings (SSSR count). The highest BCUT2D eigenvalue weighted by Crippen LogP contribution is 2.73. The van der Waals surface area contributed by atoms with Crippen molar-refractivity contribution in [2.24, 2.45) is 46.3 Å². The van der Waals surface area contributed by atoms with Crippen molar-refractivity contribution in [3.63, 3.8) is 0 Å². The molecule has 10 atom stereocenters. The molecule has 0 spiro atoms. The lowest BCUT2D eigenvalue weighted by molar-refractivity contribution is -0.141. The van der Waals surface area contributed by atoms with Gasteiger partial charge < -0.3 is 9.47 Å². The quantitative estimate of drug-likeness (QED) is 0.464. The highest BCUT2D eigenvalue weighted by molar-refractivity contribution is 5.69. The number of carbonyl (C=O) groups is 1. The summed E-state index contributed by atoms with van der Waals surface area (Å²) in [6.45, 7) is 7.59. The van der Waals surface area contributed by atoms with E-state index < -0.39 is 0 Å². The summed E-state index contributed by atoms with van der Waals surface area (Å²) in [7, 11) is 1.51. The van der Waals surface area contributed by atoms with Crippen LogP contribution in [0.25, 0.3) is 0 Å². The monoisotopic (exact) mass is 388 g/mol. The fourth-order valence-electron chi connectivity index (χ4n) is 9.27. The van der Waals surface area contributed by atoms with Crippen LogP contribution in [0.3, 0.4) is 0 Å². The van der Waals surface area contributed by atoms with E-state index in [1.54, 1.807) is 0 Å². The largest absolute Gasteiger partial charge is 0.469 e. The van der Waals surface area contributed by atoms with Gasteiger partial charge >= 0.3 is 5.97 Å². The van der Waals surface area contributed by atoms with E-state index in [-0.39, 0.29) is 5.97 Å². The summed E-state index contributed by atoms with van der Waals surface area (Å²) in [5.41, 5.74) is 0.871. The Morgan fingerprint density at radius 2 is 1.96 bits per heavy atom. The fourth-order valence-corrected chi connectivity index (χ4v) is 9.27. The highest BCUT2D eigenvalue weighted by Gasteiger charge is 2.73. The fraction of sp³-hybridized carbons (Fsp3) is 0.960. The van der Waals surface area contributed by atoms with Crippen LogP contribution in [0.4, 0.5) is 0 Å². The van der Waals surface area contributed by atoms with Gasteiger partial charge in [-0.2, -0.15) is 0 Å². The van der Waals surface area contributed by atoms with Crippen LogP contribution in [0, 0.1) is 46.3 Å². The molecule has 1 saturated heterocycles. The van der Waals surface area contributed by atoms with Gasteiger partial charge in [0.2, 0.25) is 0 Å². The molecule has 0 aromatic carbocycles. The molecule has 0 unspecified atom stereocenters. The van der Waals surface area contributed by atoms with Crippen LogP contribution in [-0.2, 0) is 14.3 Å². The van der Waals surface area contributed by atoms with Crippen molar-refractivity contribution >= 4 is 5.97 Å². The molecule has 28 heavy (non-hydrogen) atoms. The second-order valence-corrected chi connectivity index (χ2v) is 11.5. The topological polar surface area (TPSA) is 38.8 Å². The minimum atomic E-state index is -0.0562. The van der Waals surface area contributed by atoms with Crippen LogP contribution in [0.15, 0.2) is 0 Å². The SMILES string of the molecule is COC(=O)CC[C@@H](C)[C@H]1CC[C@H]2[C@@H]3CC[C@H]4CCCC[C@]4(C)[C@H]3[C@@H]3O[C@H]3[C@]12C. The average molecular weight is 389 g/mol. The number of epoxide rings is 1. The number of esters is 1. The van der Waals surface area contributed by atoms with Crippen molar-refractivity contribution < 1.29 is 14.3 Å². The van der Waals surface area contributed by atoms with Crippen LogP contribution in [0.5, 0.6) is 0 Å². The minimum absolute atomic E-state index is 0.0562. The molecule has 0 aromatic rings. The zero-order chi connectivity index (χ0) is 19.7. The average Bonchev–Trinajstić information content (AvgIpc) is 3.41. The van der Waals surface area contributed by atoms with Gasteiger partial charge in [0.25, 0.3) is 0 Å².